The van der Waals surface area contributed by atoms with Crippen molar-refractivity contribution in [3.8, 4) is 17.0 Å². The molecule has 1 N–H and O–H groups in total. The number of aromatic nitrogens is 3. The third-order valence-electron chi connectivity index (χ3n) is 2.66. The van der Waals surface area contributed by atoms with Gasteiger partial charge in [-0.05, 0) is 26.3 Å². The van der Waals surface area contributed by atoms with Crippen LogP contribution >= 0.6 is 0 Å². The average molecular weight is 273 g/mol. The van der Waals surface area contributed by atoms with Crippen LogP contribution in [0.5, 0.6) is 5.75 Å². The molecule has 0 fully saturated rings. The molecular formula is C15H19N3O2. The lowest BCUT2D eigenvalue weighted by atomic mass is 10.2. The van der Waals surface area contributed by atoms with Crippen molar-refractivity contribution in [2.45, 2.75) is 39.7 Å². The standard InChI is InChI=1S/C15H19N3O2/c1-4-5-14-17-13(7-15(19)18-14)11-6-12(9-16-8-11)20-10(2)3/h6-10H,4-5H2,1-3H3,(H,17,18,19). The fourth-order valence-corrected chi connectivity index (χ4v) is 1.91. The second-order valence-electron chi connectivity index (χ2n) is 4.90. The first-order valence-corrected chi connectivity index (χ1v) is 6.80. The van der Waals surface area contributed by atoms with E-state index in [9.17, 15) is 4.79 Å². The molecule has 2 aromatic heterocycles. The van der Waals surface area contributed by atoms with Crippen LogP contribution in [-0.4, -0.2) is 21.1 Å². The van der Waals surface area contributed by atoms with E-state index in [0.717, 1.165) is 18.4 Å². The number of aromatic amines is 1. The summed E-state index contributed by atoms with van der Waals surface area (Å²) >= 11 is 0. The first-order chi connectivity index (χ1) is 9.58. The van der Waals surface area contributed by atoms with Gasteiger partial charge in [0.2, 0.25) is 0 Å². The summed E-state index contributed by atoms with van der Waals surface area (Å²) in [6, 6.07) is 3.33. The zero-order valence-electron chi connectivity index (χ0n) is 12.0. The van der Waals surface area contributed by atoms with Crippen LogP contribution < -0.4 is 10.3 Å². The smallest absolute Gasteiger partial charge is 0.251 e. The molecule has 5 nitrogen and oxygen atoms in total. The second-order valence-corrected chi connectivity index (χ2v) is 4.90. The fourth-order valence-electron chi connectivity index (χ4n) is 1.91. The first kappa shape index (κ1) is 14.2. The van der Waals surface area contributed by atoms with Gasteiger partial charge in [0, 0.05) is 24.2 Å². The summed E-state index contributed by atoms with van der Waals surface area (Å²) in [7, 11) is 0. The number of rotatable bonds is 5. The molecule has 2 rings (SSSR count). The van der Waals surface area contributed by atoms with Gasteiger partial charge < -0.3 is 9.72 Å². The molecule has 5 heteroatoms. The van der Waals surface area contributed by atoms with E-state index in [2.05, 4.69) is 15.0 Å². The molecule has 0 bridgehead atoms. The Bertz CT molecular complexity index is 635. The Labute approximate surface area is 118 Å². The van der Waals surface area contributed by atoms with E-state index in [0.29, 0.717) is 17.3 Å². The van der Waals surface area contributed by atoms with Crippen molar-refractivity contribution >= 4 is 0 Å². The molecule has 0 saturated heterocycles. The molecule has 0 aliphatic carbocycles. The minimum atomic E-state index is -0.145. The normalized spacial score (nSPS) is 10.8. The van der Waals surface area contributed by atoms with Crippen molar-refractivity contribution in [2.75, 3.05) is 0 Å². The van der Waals surface area contributed by atoms with Crippen molar-refractivity contribution in [1.82, 2.24) is 15.0 Å². The number of hydrogen-bond acceptors (Lipinski definition) is 4. The number of H-pyrrole nitrogens is 1. The highest BCUT2D eigenvalue weighted by Crippen LogP contribution is 2.20. The number of ether oxygens (including phenoxy) is 1. The van der Waals surface area contributed by atoms with Crippen LogP contribution in [0.15, 0.2) is 29.3 Å². The van der Waals surface area contributed by atoms with Crippen LogP contribution in [0.1, 0.15) is 33.0 Å². The molecule has 0 aromatic carbocycles. The molecule has 0 saturated carbocycles. The van der Waals surface area contributed by atoms with Gasteiger partial charge in [0.05, 0.1) is 18.0 Å². The summed E-state index contributed by atoms with van der Waals surface area (Å²) in [5.74, 6) is 1.38. The largest absolute Gasteiger partial charge is 0.489 e. The summed E-state index contributed by atoms with van der Waals surface area (Å²) in [6.07, 6.45) is 5.10. The van der Waals surface area contributed by atoms with Gasteiger partial charge in [-0.1, -0.05) is 6.92 Å². The van der Waals surface area contributed by atoms with Crippen molar-refractivity contribution in [3.05, 3.63) is 40.7 Å². The number of hydrogen-bond donors (Lipinski definition) is 1. The molecule has 20 heavy (non-hydrogen) atoms. The Kier molecular flexibility index (Phi) is 4.50. The zero-order chi connectivity index (χ0) is 14.5. The van der Waals surface area contributed by atoms with E-state index in [1.165, 1.54) is 6.07 Å². The van der Waals surface area contributed by atoms with Gasteiger partial charge in [-0.3, -0.25) is 9.78 Å². The number of nitrogens with zero attached hydrogens (tertiary/aromatic N) is 2. The van der Waals surface area contributed by atoms with Gasteiger partial charge in [-0.25, -0.2) is 4.98 Å². The summed E-state index contributed by atoms with van der Waals surface area (Å²) in [6.45, 7) is 5.96. The van der Waals surface area contributed by atoms with Gasteiger partial charge in [0.25, 0.3) is 5.56 Å². The number of pyridine rings is 1. The molecule has 2 aromatic rings. The molecule has 0 amide bonds. The van der Waals surface area contributed by atoms with Gasteiger partial charge in [0.1, 0.15) is 11.6 Å². The molecule has 0 spiro atoms. The summed E-state index contributed by atoms with van der Waals surface area (Å²) in [5.41, 5.74) is 1.26. The third kappa shape index (κ3) is 3.66. The Morgan fingerprint density at radius 2 is 2.10 bits per heavy atom. The summed E-state index contributed by atoms with van der Waals surface area (Å²) < 4.78 is 5.61. The molecule has 0 unspecified atom stereocenters. The Balaban J connectivity index is 2.38. The highest BCUT2D eigenvalue weighted by Gasteiger charge is 2.06. The van der Waals surface area contributed by atoms with Crippen LogP contribution in [0.2, 0.25) is 0 Å². The molecular weight excluding hydrogens is 254 g/mol. The van der Waals surface area contributed by atoms with Crippen LogP contribution in [0, 0.1) is 0 Å². The maximum absolute atomic E-state index is 11.7. The average Bonchev–Trinajstić information content (AvgIpc) is 2.38. The van der Waals surface area contributed by atoms with Crippen molar-refractivity contribution in [3.63, 3.8) is 0 Å². The van der Waals surface area contributed by atoms with Crippen LogP contribution in [-0.2, 0) is 6.42 Å². The van der Waals surface area contributed by atoms with Gasteiger partial charge in [-0.2, -0.15) is 0 Å². The van der Waals surface area contributed by atoms with E-state index >= 15 is 0 Å². The summed E-state index contributed by atoms with van der Waals surface area (Å²) in [4.78, 5) is 23.0. The lowest BCUT2D eigenvalue weighted by Gasteiger charge is -2.10. The summed E-state index contributed by atoms with van der Waals surface area (Å²) in [5, 5.41) is 0. The Hall–Kier alpha value is -2.17. The topological polar surface area (TPSA) is 67.9 Å². The molecule has 0 atom stereocenters. The lowest BCUT2D eigenvalue weighted by molar-refractivity contribution is 0.241. The van der Waals surface area contributed by atoms with Crippen LogP contribution in [0.3, 0.4) is 0 Å². The van der Waals surface area contributed by atoms with Crippen molar-refractivity contribution in [1.29, 1.82) is 0 Å². The van der Waals surface area contributed by atoms with E-state index in [4.69, 9.17) is 4.74 Å². The fraction of sp³-hybridized carbons (Fsp3) is 0.400. The lowest BCUT2D eigenvalue weighted by Crippen LogP contribution is -2.11. The monoisotopic (exact) mass is 273 g/mol. The Morgan fingerprint density at radius 1 is 1.30 bits per heavy atom. The molecule has 0 aliphatic rings. The quantitative estimate of drug-likeness (QED) is 0.909. The molecule has 0 aliphatic heterocycles. The third-order valence-corrected chi connectivity index (χ3v) is 2.66. The molecule has 106 valence electrons. The van der Waals surface area contributed by atoms with Crippen molar-refractivity contribution < 1.29 is 4.74 Å². The van der Waals surface area contributed by atoms with E-state index in [1.54, 1.807) is 12.4 Å². The maximum atomic E-state index is 11.7. The van der Waals surface area contributed by atoms with Gasteiger partial charge in [0.15, 0.2) is 0 Å². The van der Waals surface area contributed by atoms with E-state index < -0.39 is 0 Å². The SMILES string of the molecule is CCCc1nc(-c2cncc(OC(C)C)c2)cc(=O)[nH]1. The predicted molar refractivity (Wildman–Crippen MR) is 77.8 cm³/mol. The van der Waals surface area contributed by atoms with Gasteiger partial charge in [-0.15, -0.1) is 0 Å². The second kappa shape index (κ2) is 6.32. The minimum absolute atomic E-state index is 0.0786. The minimum Gasteiger partial charge on any atom is -0.489 e. The number of aryl methyl sites for hydroxylation is 1. The van der Waals surface area contributed by atoms with Crippen molar-refractivity contribution in [2.24, 2.45) is 0 Å². The van der Waals surface area contributed by atoms with E-state index in [1.807, 2.05) is 26.8 Å². The van der Waals surface area contributed by atoms with Crippen LogP contribution in [0.25, 0.3) is 11.3 Å². The first-order valence-electron chi connectivity index (χ1n) is 6.80. The van der Waals surface area contributed by atoms with Crippen LogP contribution in [0.4, 0.5) is 0 Å². The van der Waals surface area contributed by atoms with Gasteiger partial charge >= 0.3 is 0 Å². The highest BCUT2D eigenvalue weighted by atomic mass is 16.5. The zero-order valence-corrected chi connectivity index (χ0v) is 12.0. The molecule has 0 radical (unpaired) electrons. The molecule has 2 heterocycles. The highest BCUT2D eigenvalue weighted by molar-refractivity contribution is 5.59. The van der Waals surface area contributed by atoms with E-state index in [-0.39, 0.29) is 11.7 Å². The predicted octanol–water partition coefficient (Wildman–Crippen LogP) is 2.57. The number of nitrogens with one attached hydrogen (secondary N) is 1. The Morgan fingerprint density at radius 3 is 2.80 bits per heavy atom. The maximum Gasteiger partial charge on any atom is 0.251 e.